The van der Waals surface area contributed by atoms with Crippen molar-refractivity contribution in [1.29, 1.82) is 0 Å². The zero-order valence-corrected chi connectivity index (χ0v) is 12.4. The molecule has 0 bridgehead atoms. The minimum absolute atomic E-state index is 0.485. The van der Waals surface area contributed by atoms with Gasteiger partial charge in [0.2, 0.25) is 0 Å². The molecule has 102 valence electrons. The predicted molar refractivity (Wildman–Crippen MR) is 79.9 cm³/mol. The normalized spacial score (nSPS) is 10.6. The molecule has 0 unspecified atom stereocenters. The Kier molecular flexibility index (Phi) is 5.63. The number of thiazole rings is 1. The molecule has 1 aromatic heterocycles. The molecule has 0 aliphatic rings. The van der Waals surface area contributed by atoms with Gasteiger partial charge in [0.15, 0.2) is 0 Å². The van der Waals surface area contributed by atoms with Gasteiger partial charge in [0.25, 0.3) is 0 Å². The number of ether oxygens (including phenoxy) is 1. The molecule has 0 atom stereocenters. The summed E-state index contributed by atoms with van der Waals surface area (Å²) in [4.78, 5) is 5.59. The molecule has 0 saturated carbocycles. The van der Waals surface area contributed by atoms with Gasteiger partial charge in [-0.3, -0.25) is 0 Å². The van der Waals surface area contributed by atoms with Gasteiger partial charge in [-0.25, -0.2) is 4.98 Å². The molecule has 0 spiro atoms. The van der Waals surface area contributed by atoms with Crippen molar-refractivity contribution in [2.24, 2.45) is 0 Å². The van der Waals surface area contributed by atoms with Gasteiger partial charge < -0.3 is 10.1 Å². The molecular weight excluding hydrogens is 280 g/mol. The molecule has 0 radical (unpaired) electrons. The third kappa shape index (κ3) is 4.82. The lowest BCUT2D eigenvalue weighted by Gasteiger charge is -2.03. The first-order chi connectivity index (χ1) is 9.28. The van der Waals surface area contributed by atoms with Crippen LogP contribution in [-0.2, 0) is 13.2 Å². The molecular formula is C14H17ClN2OS. The van der Waals surface area contributed by atoms with Gasteiger partial charge in [-0.05, 0) is 31.2 Å². The fourth-order valence-corrected chi connectivity index (χ4v) is 2.57. The summed E-state index contributed by atoms with van der Waals surface area (Å²) in [6.07, 6.45) is 3.05. The Morgan fingerprint density at radius 3 is 3.11 bits per heavy atom. The van der Waals surface area contributed by atoms with Crippen LogP contribution in [0.15, 0.2) is 30.5 Å². The molecule has 2 aromatic rings. The van der Waals surface area contributed by atoms with Crippen molar-refractivity contribution in [3.8, 4) is 5.75 Å². The molecule has 0 aliphatic heterocycles. The van der Waals surface area contributed by atoms with E-state index in [2.05, 4.69) is 17.2 Å². The highest BCUT2D eigenvalue weighted by atomic mass is 35.5. The Hall–Kier alpha value is -1.10. The third-order valence-corrected chi connectivity index (χ3v) is 3.69. The summed E-state index contributed by atoms with van der Waals surface area (Å²) < 4.78 is 5.65. The van der Waals surface area contributed by atoms with Crippen LogP contribution < -0.4 is 10.1 Å². The number of halogens is 1. The van der Waals surface area contributed by atoms with E-state index in [1.54, 1.807) is 17.4 Å². The lowest BCUT2D eigenvalue weighted by molar-refractivity contribution is 0.305. The van der Waals surface area contributed by atoms with Crippen molar-refractivity contribution in [3.05, 3.63) is 45.4 Å². The Bertz CT molecular complexity index is 516. The Morgan fingerprint density at radius 1 is 1.42 bits per heavy atom. The van der Waals surface area contributed by atoms with Crippen molar-refractivity contribution >= 4 is 22.9 Å². The summed E-state index contributed by atoms with van der Waals surface area (Å²) in [5.74, 6) is 0.772. The number of rotatable bonds is 7. The third-order valence-electron chi connectivity index (χ3n) is 2.49. The van der Waals surface area contributed by atoms with Gasteiger partial charge in [-0.1, -0.05) is 24.6 Å². The van der Waals surface area contributed by atoms with E-state index < -0.39 is 0 Å². The van der Waals surface area contributed by atoms with E-state index in [0.29, 0.717) is 11.6 Å². The molecule has 0 amide bonds. The van der Waals surface area contributed by atoms with Crippen LogP contribution in [0.3, 0.4) is 0 Å². The van der Waals surface area contributed by atoms with Crippen molar-refractivity contribution in [3.63, 3.8) is 0 Å². The van der Waals surface area contributed by atoms with Crippen LogP contribution in [0, 0.1) is 0 Å². The van der Waals surface area contributed by atoms with Crippen LogP contribution in [0.5, 0.6) is 5.75 Å². The second-order valence-corrected chi connectivity index (χ2v) is 5.78. The standard InChI is InChI=1S/C14H17ClN2OS/c1-2-6-16-8-13-9-17-14(19-13)10-18-12-5-3-4-11(15)7-12/h3-5,7,9,16H,2,6,8,10H2,1H3. The predicted octanol–water partition coefficient (Wildman–Crippen LogP) is 3.88. The number of hydrogen-bond acceptors (Lipinski definition) is 4. The molecule has 0 aliphatic carbocycles. The molecule has 0 saturated heterocycles. The van der Waals surface area contributed by atoms with Crippen molar-refractivity contribution in [1.82, 2.24) is 10.3 Å². The van der Waals surface area contributed by atoms with Gasteiger partial charge in [-0.15, -0.1) is 11.3 Å². The number of hydrogen-bond donors (Lipinski definition) is 1. The lowest BCUT2D eigenvalue weighted by Crippen LogP contribution is -2.12. The second-order valence-electron chi connectivity index (χ2n) is 4.14. The fourth-order valence-electron chi connectivity index (χ4n) is 1.59. The van der Waals surface area contributed by atoms with Crippen LogP contribution in [0.25, 0.3) is 0 Å². The second kappa shape index (κ2) is 7.48. The van der Waals surface area contributed by atoms with Crippen molar-refractivity contribution in [2.45, 2.75) is 26.5 Å². The van der Waals surface area contributed by atoms with Gasteiger partial charge in [0, 0.05) is 22.6 Å². The lowest BCUT2D eigenvalue weighted by atomic mass is 10.3. The summed E-state index contributed by atoms with van der Waals surface area (Å²) in [5.41, 5.74) is 0. The first kappa shape index (κ1) is 14.3. The van der Waals surface area contributed by atoms with E-state index in [9.17, 15) is 0 Å². The number of benzene rings is 1. The largest absolute Gasteiger partial charge is 0.486 e. The van der Waals surface area contributed by atoms with Crippen molar-refractivity contribution < 1.29 is 4.74 Å². The molecule has 0 fully saturated rings. The van der Waals surface area contributed by atoms with Crippen LogP contribution in [0.4, 0.5) is 0 Å². The van der Waals surface area contributed by atoms with Crippen LogP contribution >= 0.6 is 22.9 Å². The van der Waals surface area contributed by atoms with Gasteiger partial charge in [0.05, 0.1) is 0 Å². The van der Waals surface area contributed by atoms with E-state index in [1.165, 1.54) is 4.88 Å². The van der Waals surface area contributed by atoms with Crippen LogP contribution in [0.1, 0.15) is 23.2 Å². The quantitative estimate of drug-likeness (QED) is 0.788. The summed E-state index contributed by atoms with van der Waals surface area (Å²) in [7, 11) is 0. The molecule has 3 nitrogen and oxygen atoms in total. The Morgan fingerprint density at radius 2 is 2.32 bits per heavy atom. The van der Waals surface area contributed by atoms with Gasteiger partial charge in [-0.2, -0.15) is 0 Å². The SMILES string of the molecule is CCCNCc1cnc(COc2cccc(Cl)c2)s1. The van der Waals surface area contributed by atoms with E-state index in [4.69, 9.17) is 16.3 Å². The highest BCUT2D eigenvalue weighted by Crippen LogP contribution is 2.20. The highest BCUT2D eigenvalue weighted by molar-refractivity contribution is 7.11. The highest BCUT2D eigenvalue weighted by Gasteiger charge is 2.03. The summed E-state index contributed by atoms with van der Waals surface area (Å²) in [5, 5.41) is 5.02. The molecule has 1 heterocycles. The average Bonchev–Trinajstić information content (AvgIpc) is 2.85. The average molecular weight is 297 g/mol. The minimum atomic E-state index is 0.485. The summed E-state index contributed by atoms with van der Waals surface area (Å²) >= 11 is 7.58. The first-order valence-corrected chi connectivity index (χ1v) is 7.50. The molecule has 1 N–H and O–H groups in total. The van der Waals surface area contributed by atoms with E-state index in [1.807, 2.05) is 24.4 Å². The van der Waals surface area contributed by atoms with Gasteiger partial charge in [0.1, 0.15) is 17.4 Å². The molecule has 5 heteroatoms. The maximum absolute atomic E-state index is 5.90. The molecule has 1 aromatic carbocycles. The Balaban J connectivity index is 1.83. The number of nitrogens with one attached hydrogen (secondary N) is 1. The minimum Gasteiger partial charge on any atom is -0.486 e. The Labute approximate surface area is 122 Å². The number of aromatic nitrogens is 1. The van der Waals surface area contributed by atoms with E-state index in [-0.39, 0.29) is 0 Å². The summed E-state index contributed by atoms with van der Waals surface area (Å²) in [6.45, 7) is 4.55. The fraction of sp³-hybridized carbons (Fsp3) is 0.357. The van der Waals surface area contributed by atoms with Crippen LogP contribution in [0.2, 0.25) is 5.02 Å². The topological polar surface area (TPSA) is 34.2 Å². The van der Waals surface area contributed by atoms with E-state index >= 15 is 0 Å². The number of nitrogens with zero attached hydrogens (tertiary/aromatic N) is 1. The first-order valence-electron chi connectivity index (χ1n) is 6.30. The molecule has 2 rings (SSSR count). The van der Waals surface area contributed by atoms with Crippen molar-refractivity contribution in [2.75, 3.05) is 6.54 Å². The monoisotopic (exact) mass is 296 g/mol. The smallest absolute Gasteiger partial charge is 0.140 e. The zero-order chi connectivity index (χ0) is 13.5. The maximum atomic E-state index is 5.90. The van der Waals surface area contributed by atoms with E-state index in [0.717, 1.165) is 30.3 Å². The van der Waals surface area contributed by atoms with Crippen LogP contribution in [-0.4, -0.2) is 11.5 Å². The maximum Gasteiger partial charge on any atom is 0.140 e. The zero-order valence-electron chi connectivity index (χ0n) is 10.9. The van der Waals surface area contributed by atoms with Gasteiger partial charge >= 0.3 is 0 Å². The summed E-state index contributed by atoms with van der Waals surface area (Å²) in [6, 6.07) is 7.40. The molecule has 19 heavy (non-hydrogen) atoms.